The fourth-order valence-electron chi connectivity index (χ4n) is 2.77. The van der Waals surface area contributed by atoms with Crippen LogP contribution in [0.1, 0.15) is 45.1 Å². The van der Waals surface area contributed by atoms with Crippen molar-refractivity contribution in [2.45, 2.75) is 46.0 Å². The van der Waals surface area contributed by atoms with Crippen LogP contribution in [-0.4, -0.2) is 0 Å². The second kappa shape index (κ2) is 5.13. The van der Waals surface area contributed by atoms with E-state index >= 15 is 0 Å². The number of benzene rings is 1. The minimum Gasteiger partial charge on any atom is -0.205 e. The van der Waals surface area contributed by atoms with E-state index in [1.807, 2.05) is 0 Å². The highest BCUT2D eigenvalue weighted by molar-refractivity contribution is 6.30. The molecule has 0 radical (unpaired) electrons. The van der Waals surface area contributed by atoms with Gasteiger partial charge in [-0.2, -0.15) is 5.26 Å². The van der Waals surface area contributed by atoms with Gasteiger partial charge in [0.05, 0.1) is 16.5 Å². The van der Waals surface area contributed by atoms with Gasteiger partial charge in [0.1, 0.15) is 5.82 Å². The average Bonchev–Trinajstić information content (AvgIpc) is 2.37. The Morgan fingerprint density at radius 2 is 1.89 bits per heavy atom. The van der Waals surface area contributed by atoms with Crippen molar-refractivity contribution in [3.05, 3.63) is 34.6 Å². The molecule has 1 nitrogen and oxygen atoms in total. The summed E-state index contributed by atoms with van der Waals surface area (Å²) in [7, 11) is 0. The normalized spacial score (nSPS) is 20.8. The topological polar surface area (TPSA) is 23.8 Å². The first-order chi connectivity index (χ1) is 8.86. The Bertz CT molecular complexity index is 506. The SMILES string of the molecule is CC1(C)CCC(C#N)(Cc2ccc(F)c(Cl)c2)CC1. The van der Waals surface area contributed by atoms with E-state index in [1.54, 1.807) is 12.1 Å². The molecule has 1 saturated carbocycles. The van der Waals surface area contributed by atoms with Crippen LogP contribution in [0.25, 0.3) is 0 Å². The summed E-state index contributed by atoms with van der Waals surface area (Å²) in [6.07, 6.45) is 4.61. The molecule has 0 amide bonds. The Morgan fingerprint density at radius 1 is 1.26 bits per heavy atom. The molecule has 0 heterocycles. The third-order valence-electron chi connectivity index (χ3n) is 4.32. The van der Waals surface area contributed by atoms with Gasteiger partial charge in [0.2, 0.25) is 0 Å². The van der Waals surface area contributed by atoms with Gasteiger partial charge in [-0.25, -0.2) is 4.39 Å². The summed E-state index contributed by atoms with van der Waals surface area (Å²) >= 11 is 5.81. The highest BCUT2D eigenvalue weighted by Crippen LogP contribution is 2.46. The smallest absolute Gasteiger partial charge is 0.141 e. The Morgan fingerprint density at radius 3 is 2.42 bits per heavy atom. The van der Waals surface area contributed by atoms with Crippen LogP contribution >= 0.6 is 11.6 Å². The molecule has 2 rings (SSSR count). The van der Waals surface area contributed by atoms with Crippen LogP contribution in [0.2, 0.25) is 5.02 Å². The van der Waals surface area contributed by atoms with Crippen molar-refractivity contribution in [1.82, 2.24) is 0 Å². The molecule has 0 aromatic heterocycles. The number of hydrogen-bond acceptors (Lipinski definition) is 1. The van der Waals surface area contributed by atoms with Crippen molar-refractivity contribution in [3.8, 4) is 6.07 Å². The fraction of sp³-hybridized carbons (Fsp3) is 0.562. The summed E-state index contributed by atoms with van der Waals surface area (Å²) in [4.78, 5) is 0. The van der Waals surface area contributed by atoms with Crippen LogP contribution in [0.15, 0.2) is 18.2 Å². The lowest BCUT2D eigenvalue weighted by atomic mass is 9.64. The lowest BCUT2D eigenvalue weighted by Crippen LogP contribution is -2.31. The maximum absolute atomic E-state index is 13.2. The first-order valence-corrected chi connectivity index (χ1v) is 7.09. The largest absolute Gasteiger partial charge is 0.205 e. The van der Waals surface area contributed by atoms with Crippen LogP contribution in [0.3, 0.4) is 0 Å². The molecule has 0 unspecified atom stereocenters. The predicted molar refractivity (Wildman–Crippen MR) is 75.4 cm³/mol. The second-order valence-electron chi connectivity index (χ2n) is 6.48. The molecule has 1 aliphatic rings. The van der Waals surface area contributed by atoms with E-state index in [1.165, 1.54) is 6.07 Å². The van der Waals surface area contributed by atoms with Crippen LogP contribution in [0.5, 0.6) is 0 Å². The second-order valence-corrected chi connectivity index (χ2v) is 6.89. The van der Waals surface area contributed by atoms with Crippen molar-refractivity contribution in [3.63, 3.8) is 0 Å². The monoisotopic (exact) mass is 279 g/mol. The molecule has 0 atom stereocenters. The van der Waals surface area contributed by atoms with Crippen molar-refractivity contribution in [2.24, 2.45) is 10.8 Å². The van der Waals surface area contributed by atoms with Crippen molar-refractivity contribution in [1.29, 1.82) is 5.26 Å². The molecule has 0 aliphatic heterocycles. The number of nitriles is 1. The van der Waals surface area contributed by atoms with Crippen LogP contribution in [-0.2, 0) is 6.42 Å². The number of rotatable bonds is 2. The Balaban J connectivity index is 2.16. The Hall–Kier alpha value is -1.07. The molecular formula is C16H19ClFN. The van der Waals surface area contributed by atoms with E-state index in [0.29, 0.717) is 11.8 Å². The minimum absolute atomic E-state index is 0.140. The van der Waals surface area contributed by atoms with E-state index in [2.05, 4.69) is 19.9 Å². The number of nitrogens with zero attached hydrogens (tertiary/aromatic N) is 1. The first-order valence-electron chi connectivity index (χ1n) is 6.71. The van der Waals surface area contributed by atoms with Gasteiger partial charge in [-0.1, -0.05) is 31.5 Å². The number of halogens is 2. The highest BCUT2D eigenvalue weighted by atomic mass is 35.5. The highest BCUT2D eigenvalue weighted by Gasteiger charge is 2.38. The lowest BCUT2D eigenvalue weighted by molar-refractivity contribution is 0.146. The summed E-state index contributed by atoms with van der Waals surface area (Å²) < 4.78 is 13.2. The molecule has 1 fully saturated rings. The van der Waals surface area contributed by atoms with E-state index < -0.39 is 5.82 Å². The van der Waals surface area contributed by atoms with E-state index in [-0.39, 0.29) is 10.4 Å². The minimum atomic E-state index is -0.402. The molecule has 1 aromatic rings. The van der Waals surface area contributed by atoms with Gasteiger partial charge in [0, 0.05) is 0 Å². The molecule has 1 aromatic carbocycles. The Kier molecular flexibility index (Phi) is 3.87. The Labute approximate surface area is 119 Å². The molecule has 0 spiro atoms. The van der Waals surface area contributed by atoms with Crippen molar-refractivity contribution >= 4 is 11.6 Å². The zero-order valence-corrected chi connectivity index (χ0v) is 12.2. The summed E-state index contributed by atoms with van der Waals surface area (Å²) in [6, 6.07) is 7.27. The quantitative estimate of drug-likeness (QED) is 0.736. The summed E-state index contributed by atoms with van der Waals surface area (Å²) in [5, 5.41) is 9.68. The third-order valence-corrected chi connectivity index (χ3v) is 4.61. The zero-order chi connectivity index (χ0) is 14.1. The maximum atomic E-state index is 13.2. The molecule has 0 bridgehead atoms. The number of hydrogen-bond donors (Lipinski definition) is 0. The summed E-state index contributed by atoms with van der Waals surface area (Å²) in [5.74, 6) is -0.402. The predicted octanol–water partition coefficient (Wildman–Crippen LogP) is 5.13. The van der Waals surface area contributed by atoms with Crippen LogP contribution < -0.4 is 0 Å². The van der Waals surface area contributed by atoms with E-state index in [4.69, 9.17) is 11.6 Å². The van der Waals surface area contributed by atoms with Gasteiger partial charge >= 0.3 is 0 Å². The molecule has 3 heteroatoms. The molecule has 0 N–H and O–H groups in total. The van der Waals surface area contributed by atoms with Crippen LogP contribution in [0.4, 0.5) is 4.39 Å². The summed E-state index contributed by atoms with van der Waals surface area (Å²) in [5.41, 5.74) is 0.977. The van der Waals surface area contributed by atoms with Gasteiger partial charge < -0.3 is 0 Å². The lowest BCUT2D eigenvalue weighted by Gasteiger charge is -2.39. The van der Waals surface area contributed by atoms with Gasteiger partial charge in [-0.3, -0.25) is 0 Å². The van der Waals surface area contributed by atoms with E-state index in [9.17, 15) is 9.65 Å². The molecule has 19 heavy (non-hydrogen) atoms. The average molecular weight is 280 g/mol. The zero-order valence-electron chi connectivity index (χ0n) is 11.5. The molecule has 1 aliphatic carbocycles. The third kappa shape index (κ3) is 3.28. The van der Waals surface area contributed by atoms with Crippen molar-refractivity contribution < 1.29 is 4.39 Å². The summed E-state index contributed by atoms with van der Waals surface area (Å²) in [6.45, 7) is 4.51. The first kappa shape index (κ1) is 14.3. The van der Waals surface area contributed by atoms with Crippen LogP contribution in [0, 0.1) is 28.0 Å². The molecular weight excluding hydrogens is 261 g/mol. The van der Waals surface area contributed by atoms with Crippen molar-refractivity contribution in [2.75, 3.05) is 0 Å². The fourth-order valence-corrected chi connectivity index (χ4v) is 2.98. The van der Waals surface area contributed by atoms with Gasteiger partial charge in [-0.05, 0) is 55.2 Å². The molecule has 102 valence electrons. The van der Waals surface area contributed by atoms with E-state index in [0.717, 1.165) is 31.2 Å². The van der Waals surface area contributed by atoms with Gasteiger partial charge in [-0.15, -0.1) is 0 Å². The van der Waals surface area contributed by atoms with Gasteiger partial charge in [0.15, 0.2) is 0 Å². The maximum Gasteiger partial charge on any atom is 0.141 e. The standard InChI is InChI=1S/C16H19ClFN/c1-15(2)5-7-16(11-19,8-6-15)10-12-3-4-14(18)13(17)9-12/h3-4,9H,5-8,10H2,1-2H3. The molecule has 0 saturated heterocycles. The van der Waals surface area contributed by atoms with Gasteiger partial charge in [0.25, 0.3) is 0 Å².